The number of anilines is 1. The van der Waals surface area contributed by atoms with Gasteiger partial charge in [0.2, 0.25) is 5.91 Å². The molecule has 2 rings (SSSR count). The number of hydrogen-bond donors (Lipinski definition) is 2. The van der Waals surface area contributed by atoms with Gasteiger partial charge in [0.05, 0.1) is 10.2 Å². The van der Waals surface area contributed by atoms with Crippen LogP contribution in [0.15, 0.2) is 16.6 Å². The fourth-order valence-corrected chi connectivity index (χ4v) is 2.66. The van der Waals surface area contributed by atoms with Crippen molar-refractivity contribution < 1.29 is 18.3 Å². The van der Waals surface area contributed by atoms with Gasteiger partial charge in [0.25, 0.3) is 0 Å². The van der Waals surface area contributed by atoms with E-state index in [4.69, 9.17) is 11.6 Å². The largest absolute Gasteiger partial charge is 0.431 e. The third kappa shape index (κ3) is 5.41. The number of hydrogen-bond acceptors (Lipinski definition) is 3. The molecule has 0 aliphatic heterocycles. The number of ether oxygens (including phenoxy) is 1. The molecular formula is C13H14BrClF2N2O2. The van der Waals surface area contributed by atoms with E-state index in [0.717, 1.165) is 12.8 Å². The Balaban J connectivity index is 2.00. The molecule has 1 aliphatic carbocycles. The van der Waals surface area contributed by atoms with Gasteiger partial charge in [0.15, 0.2) is 5.75 Å². The first kappa shape index (κ1) is 16.5. The Labute approximate surface area is 134 Å². The summed E-state index contributed by atoms with van der Waals surface area (Å²) in [5.74, 6) is -0.436. The van der Waals surface area contributed by atoms with Crippen LogP contribution in [0.1, 0.15) is 19.3 Å². The summed E-state index contributed by atoms with van der Waals surface area (Å²) in [7, 11) is 0. The van der Waals surface area contributed by atoms with Gasteiger partial charge in [-0.3, -0.25) is 4.79 Å². The molecule has 0 spiro atoms. The second-order valence-corrected chi connectivity index (χ2v) is 5.96. The molecule has 1 fully saturated rings. The molecule has 0 aromatic heterocycles. The van der Waals surface area contributed by atoms with Gasteiger partial charge in [0, 0.05) is 24.0 Å². The molecule has 1 aliphatic rings. The van der Waals surface area contributed by atoms with Gasteiger partial charge in [-0.05, 0) is 40.9 Å². The number of carbonyl (C=O) groups excluding carboxylic acids is 1. The highest BCUT2D eigenvalue weighted by atomic mass is 79.9. The molecule has 0 bridgehead atoms. The van der Waals surface area contributed by atoms with E-state index in [1.54, 1.807) is 0 Å². The Bertz CT molecular complexity index is 527. The second-order valence-electron chi connectivity index (χ2n) is 4.67. The predicted molar refractivity (Wildman–Crippen MR) is 80.1 cm³/mol. The molecule has 4 nitrogen and oxygen atoms in total. The fraction of sp³-hybridized carbons (Fsp3) is 0.462. The van der Waals surface area contributed by atoms with Crippen molar-refractivity contribution in [2.45, 2.75) is 31.9 Å². The summed E-state index contributed by atoms with van der Waals surface area (Å²) in [6.07, 6.45) is 2.51. The zero-order valence-corrected chi connectivity index (χ0v) is 13.3. The van der Waals surface area contributed by atoms with Crippen molar-refractivity contribution in [3.05, 3.63) is 21.6 Å². The number of rotatable bonds is 7. The minimum atomic E-state index is -2.99. The average molecular weight is 384 g/mol. The van der Waals surface area contributed by atoms with E-state index in [0.29, 0.717) is 17.6 Å². The molecule has 0 heterocycles. The molecule has 0 atom stereocenters. The molecule has 116 valence electrons. The first-order valence-electron chi connectivity index (χ1n) is 6.43. The summed E-state index contributed by atoms with van der Waals surface area (Å²) in [5.41, 5.74) is 0.117. The van der Waals surface area contributed by atoms with E-state index in [1.807, 2.05) is 0 Å². The second kappa shape index (κ2) is 7.38. The minimum Gasteiger partial charge on any atom is -0.431 e. The maximum atomic E-state index is 12.4. The van der Waals surface area contributed by atoms with Crippen molar-refractivity contribution in [1.29, 1.82) is 0 Å². The first-order chi connectivity index (χ1) is 9.95. The molecule has 1 amide bonds. The molecule has 8 heteroatoms. The van der Waals surface area contributed by atoms with Gasteiger partial charge in [0.1, 0.15) is 0 Å². The molecule has 0 unspecified atom stereocenters. The van der Waals surface area contributed by atoms with Crippen LogP contribution in [0.3, 0.4) is 0 Å². The molecule has 0 saturated heterocycles. The van der Waals surface area contributed by atoms with Crippen LogP contribution in [-0.2, 0) is 4.79 Å². The van der Waals surface area contributed by atoms with E-state index >= 15 is 0 Å². The molecular weight excluding hydrogens is 370 g/mol. The van der Waals surface area contributed by atoms with Crippen LogP contribution in [0.2, 0.25) is 5.02 Å². The highest BCUT2D eigenvalue weighted by molar-refractivity contribution is 9.10. The number of nitrogens with one attached hydrogen (secondary N) is 2. The lowest BCUT2D eigenvalue weighted by molar-refractivity contribution is -0.116. The van der Waals surface area contributed by atoms with Gasteiger partial charge < -0.3 is 15.4 Å². The van der Waals surface area contributed by atoms with Gasteiger partial charge in [-0.1, -0.05) is 11.6 Å². The summed E-state index contributed by atoms with van der Waals surface area (Å²) in [6.45, 7) is -2.45. The van der Waals surface area contributed by atoms with Crippen molar-refractivity contribution in [1.82, 2.24) is 5.32 Å². The lowest BCUT2D eigenvalue weighted by atomic mass is 10.2. The smallest absolute Gasteiger partial charge is 0.387 e. The third-order valence-electron chi connectivity index (χ3n) is 2.85. The van der Waals surface area contributed by atoms with Crippen LogP contribution in [0.4, 0.5) is 14.5 Å². The van der Waals surface area contributed by atoms with Crippen LogP contribution >= 0.6 is 27.5 Å². The first-order valence-corrected chi connectivity index (χ1v) is 7.60. The van der Waals surface area contributed by atoms with Gasteiger partial charge in [-0.25, -0.2) is 0 Å². The van der Waals surface area contributed by atoms with E-state index < -0.39 is 6.61 Å². The van der Waals surface area contributed by atoms with Crippen LogP contribution in [0, 0.1) is 0 Å². The molecule has 1 aromatic rings. The predicted octanol–water partition coefficient (Wildman–Crippen LogP) is 3.78. The SMILES string of the molecule is O=C(CCNC1CC1)Nc1cc(Cl)cc(Br)c1OC(F)F. The highest BCUT2D eigenvalue weighted by Gasteiger charge is 2.21. The topological polar surface area (TPSA) is 50.4 Å². The van der Waals surface area contributed by atoms with Crippen molar-refractivity contribution in [2.75, 3.05) is 11.9 Å². The summed E-state index contributed by atoms with van der Waals surface area (Å²) in [6, 6.07) is 3.30. The molecule has 1 aromatic carbocycles. The Morgan fingerprint density at radius 3 is 2.81 bits per heavy atom. The summed E-state index contributed by atoms with van der Waals surface area (Å²) >= 11 is 8.95. The van der Waals surface area contributed by atoms with Crippen LogP contribution in [0.25, 0.3) is 0 Å². The number of alkyl halides is 2. The summed E-state index contributed by atoms with van der Waals surface area (Å²) < 4.78 is 29.5. The lowest BCUT2D eigenvalue weighted by Crippen LogP contribution is -2.23. The standard InChI is InChI=1S/C13H14BrClF2N2O2/c14-9-5-7(15)6-10(12(9)21-13(16)17)19-11(20)3-4-18-8-1-2-8/h5-6,8,13,18H,1-4H2,(H,19,20). The Hall–Kier alpha value is -0.920. The fourth-order valence-electron chi connectivity index (χ4n) is 1.75. The molecule has 0 radical (unpaired) electrons. The average Bonchev–Trinajstić information content (AvgIpc) is 3.17. The zero-order chi connectivity index (χ0) is 15.4. The zero-order valence-electron chi connectivity index (χ0n) is 11.0. The molecule has 1 saturated carbocycles. The highest BCUT2D eigenvalue weighted by Crippen LogP contribution is 2.37. The Morgan fingerprint density at radius 2 is 2.19 bits per heavy atom. The number of amides is 1. The van der Waals surface area contributed by atoms with E-state index in [-0.39, 0.29) is 28.2 Å². The van der Waals surface area contributed by atoms with Crippen molar-refractivity contribution in [2.24, 2.45) is 0 Å². The Kier molecular flexibility index (Phi) is 5.78. The van der Waals surface area contributed by atoms with Crippen molar-refractivity contribution in [3.63, 3.8) is 0 Å². The maximum absolute atomic E-state index is 12.4. The quantitative estimate of drug-likeness (QED) is 0.753. The molecule has 21 heavy (non-hydrogen) atoms. The van der Waals surface area contributed by atoms with E-state index in [9.17, 15) is 13.6 Å². The minimum absolute atomic E-state index is 0.117. The number of halogens is 4. The van der Waals surface area contributed by atoms with Gasteiger partial charge in [-0.15, -0.1) is 0 Å². The third-order valence-corrected chi connectivity index (χ3v) is 3.66. The molecule has 2 N–H and O–H groups in total. The van der Waals surface area contributed by atoms with Gasteiger partial charge in [-0.2, -0.15) is 8.78 Å². The van der Waals surface area contributed by atoms with Crippen molar-refractivity contribution >= 4 is 39.1 Å². The monoisotopic (exact) mass is 382 g/mol. The maximum Gasteiger partial charge on any atom is 0.387 e. The van der Waals surface area contributed by atoms with Crippen LogP contribution < -0.4 is 15.4 Å². The van der Waals surface area contributed by atoms with Crippen LogP contribution in [0.5, 0.6) is 5.75 Å². The summed E-state index contributed by atoms with van der Waals surface area (Å²) in [4.78, 5) is 11.8. The van der Waals surface area contributed by atoms with Crippen LogP contribution in [-0.4, -0.2) is 25.1 Å². The number of benzene rings is 1. The van der Waals surface area contributed by atoms with Gasteiger partial charge >= 0.3 is 6.61 Å². The van der Waals surface area contributed by atoms with Crippen molar-refractivity contribution in [3.8, 4) is 5.75 Å². The van der Waals surface area contributed by atoms with E-state index in [2.05, 4.69) is 31.3 Å². The Morgan fingerprint density at radius 1 is 1.48 bits per heavy atom. The normalized spacial score (nSPS) is 14.3. The number of carbonyl (C=O) groups is 1. The van der Waals surface area contributed by atoms with E-state index in [1.165, 1.54) is 12.1 Å². The lowest BCUT2D eigenvalue weighted by Gasteiger charge is -2.14. The summed E-state index contributed by atoms with van der Waals surface area (Å²) in [5, 5.41) is 6.04.